The minimum absolute atomic E-state index is 0.197. The molecule has 0 radical (unpaired) electrons. The zero-order valence-corrected chi connectivity index (χ0v) is 19.0. The normalized spacial score (nSPS) is 14.7. The molecule has 1 aliphatic heterocycles. The van der Waals surface area contributed by atoms with Gasteiger partial charge in [-0.3, -0.25) is 19.1 Å². The molecule has 2 N–H and O–H groups in total. The molecule has 1 aliphatic rings. The molecule has 10 heteroatoms. The first kappa shape index (κ1) is 22.0. The number of amides is 1. The Labute approximate surface area is 189 Å². The van der Waals surface area contributed by atoms with E-state index in [0.717, 1.165) is 47.7 Å². The lowest BCUT2D eigenvalue weighted by molar-refractivity contribution is 0.0958. The summed E-state index contributed by atoms with van der Waals surface area (Å²) in [6.45, 7) is 5.88. The van der Waals surface area contributed by atoms with Gasteiger partial charge in [0.15, 0.2) is 0 Å². The molecule has 1 amide bonds. The van der Waals surface area contributed by atoms with Gasteiger partial charge >= 0.3 is 5.69 Å². The monoisotopic (exact) mass is 456 g/mol. The van der Waals surface area contributed by atoms with Crippen molar-refractivity contribution in [2.45, 2.75) is 13.5 Å². The standard InChI is InChI=1S/C22H25ClN6O3/c1-13-18(5-4-16(25-13)20(30)24-2)29-8-6-28(7-9-29)12-14-10-15(23)19-17(11-14)26-22(32)27(3)21(19)31/h4-5,10-11H,6-9,12H2,1-3H3,(H,24,30)(H,26,32). The minimum atomic E-state index is -0.462. The Hall–Kier alpha value is -3.17. The number of aryl methyl sites for hydroxylation is 1. The van der Waals surface area contributed by atoms with Crippen molar-refractivity contribution < 1.29 is 4.79 Å². The van der Waals surface area contributed by atoms with Gasteiger partial charge in [-0.25, -0.2) is 9.78 Å². The molecule has 0 spiro atoms. The fraction of sp³-hybridized carbons (Fsp3) is 0.364. The van der Waals surface area contributed by atoms with E-state index < -0.39 is 11.2 Å². The predicted molar refractivity (Wildman–Crippen MR) is 125 cm³/mol. The van der Waals surface area contributed by atoms with Crippen molar-refractivity contribution in [1.82, 2.24) is 24.8 Å². The lowest BCUT2D eigenvalue weighted by Crippen LogP contribution is -2.46. The maximum absolute atomic E-state index is 12.4. The van der Waals surface area contributed by atoms with Gasteiger partial charge in [-0.1, -0.05) is 11.6 Å². The molecule has 0 bridgehead atoms. The maximum Gasteiger partial charge on any atom is 0.328 e. The molecular formula is C22H25ClN6O3. The Morgan fingerprint density at radius 3 is 2.56 bits per heavy atom. The number of H-pyrrole nitrogens is 1. The molecule has 0 atom stereocenters. The molecule has 3 heterocycles. The zero-order valence-electron chi connectivity index (χ0n) is 18.2. The molecule has 2 aromatic heterocycles. The molecule has 168 valence electrons. The molecule has 9 nitrogen and oxygen atoms in total. The van der Waals surface area contributed by atoms with Crippen molar-refractivity contribution in [3.8, 4) is 0 Å². The number of hydrogen-bond acceptors (Lipinski definition) is 6. The van der Waals surface area contributed by atoms with Gasteiger partial charge in [0.05, 0.1) is 27.3 Å². The van der Waals surface area contributed by atoms with Crippen LogP contribution in [0.4, 0.5) is 5.69 Å². The summed E-state index contributed by atoms with van der Waals surface area (Å²) in [5.41, 5.74) is 2.79. The fourth-order valence-corrected chi connectivity index (χ4v) is 4.40. The number of aromatic nitrogens is 3. The average molecular weight is 457 g/mol. The van der Waals surface area contributed by atoms with Gasteiger partial charge in [0.2, 0.25) is 0 Å². The lowest BCUT2D eigenvalue weighted by Gasteiger charge is -2.36. The number of anilines is 1. The number of halogens is 1. The van der Waals surface area contributed by atoms with Gasteiger partial charge in [0, 0.05) is 46.8 Å². The van der Waals surface area contributed by atoms with Gasteiger partial charge in [0.25, 0.3) is 11.5 Å². The Morgan fingerprint density at radius 1 is 1.19 bits per heavy atom. The zero-order chi connectivity index (χ0) is 23.0. The van der Waals surface area contributed by atoms with Crippen LogP contribution in [0.25, 0.3) is 10.9 Å². The number of benzene rings is 1. The summed E-state index contributed by atoms with van der Waals surface area (Å²) in [6.07, 6.45) is 0. The number of fused-ring (bicyclic) bond motifs is 1. The number of hydrogen-bond donors (Lipinski definition) is 2. The van der Waals surface area contributed by atoms with Crippen LogP contribution in [-0.4, -0.2) is 58.6 Å². The highest BCUT2D eigenvalue weighted by Gasteiger charge is 2.20. The quantitative estimate of drug-likeness (QED) is 0.612. The largest absolute Gasteiger partial charge is 0.368 e. The molecule has 0 saturated carbocycles. The lowest BCUT2D eigenvalue weighted by atomic mass is 10.1. The molecule has 4 rings (SSSR count). The van der Waals surface area contributed by atoms with E-state index >= 15 is 0 Å². The number of rotatable bonds is 4. The van der Waals surface area contributed by atoms with Crippen molar-refractivity contribution in [3.05, 3.63) is 67.1 Å². The molecule has 0 aliphatic carbocycles. The van der Waals surface area contributed by atoms with Crippen molar-refractivity contribution in [2.24, 2.45) is 7.05 Å². The van der Waals surface area contributed by atoms with E-state index in [-0.39, 0.29) is 5.91 Å². The first-order valence-corrected chi connectivity index (χ1v) is 10.7. The number of nitrogens with zero attached hydrogens (tertiary/aromatic N) is 4. The SMILES string of the molecule is CNC(=O)c1ccc(N2CCN(Cc3cc(Cl)c4c(=O)n(C)c(=O)[nH]c4c3)CC2)c(C)n1. The molecule has 1 aromatic carbocycles. The van der Waals surface area contributed by atoms with Crippen molar-refractivity contribution in [2.75, 3.05) is 38.1 Å². The van der Waals surface area contributed by atoms with E-state index in [1.54, 1.807) is 19.2 Å². The van der Waals surface area contributed by atoms with Crippen molar-refractivity contribution >= 4 is 34.1 Å². The van der Waals surface area contributed by atoms with Crippen LogP contribution < -0.4 is 21.5 Å². The first-order valence-electron chi connectivity index (χ1n) is 10.4. The minimum Gasteiger partial charge on any atom is -0.368 e. The van der Waals surface area contributed by atoms with Gasteiger partial charge in [0.1, 0.15) is 5.69 Å². The number of nitrogens with one attached hydrogen (secondary N) is 2. The summed E-state index contributed by atoms with van der Waals surface area (Å²) >= 11 is 6.38. The molecule has 3 aromatic rings. The number of pyridine rings is 1. The smallest absolute Gasteiger partial charge is 0.328 e. The Morgan fingerprint density at radius 2 is 1.91 bits per heavy atom. The highest BCUT2D eigenvalue weighted by Crippen LogP contribution is 2.24. The highest BCUT2D eigenvalue weighted by molar-refractivity contribution is 6.35. The Bertz CT molecular complexity index is 1310. The summed E-state index contributed by atoms with van der Waals surface area (Å²) in [5, 5.41) is 3.25. The van der Waals surface area contributed by atoms with Crippen LogP contribution >= 0.6 is 11.6 Å². The number of carbonyl (C=O) groups excluding carboxylic acids is 1. The van der Waals surface area contributed by atoms with Crippen LogP contribution in [0.3, 0.4) is 0 Å². The summed E-state index contributed by atoms with van der Waals surface area (Å²) in [5.74, 6) is -0.197. The second kappa shape index (κ2) is 8.76. The van der Waals surface area contributed by atoms with Crippen LogP contribution in [0, 0.1) is 6.92 Å². The van der Waals surface area contributed by atoms with Crippen LogP contribution in [0.5, 0.6) is 0 Å². The molecule has 0 unspecified atom stereocenters. The highest BCUT2D eigenvalue weighted by atomic mass is 35.5. The van der Waals surface area contributed by atoms with E-state index in [1.165, 1.54) is 7.05 Å². The van der Waals surface area contributed by atoms with Crippen molar-refractivity contribution in [1.29, 1.82) is 0 Å². The first-order chi connectivity index (χ1) is 15.3. The third-order valence-electron chi connectivity index (χ3n) is 5.85. The van der Waals surface area contributed by atoms with E-state index in [1.807, 2.05) is 19.1 Å². The van der Waals surface area contributed by atoms with Crippen LogP contribution in [0.1, 0.15) is 21.7 Å². The van der Waals surface area contributed by atoms with Gasteiger partial charge in [-0.15, -0.1) is 0 Å². The van der Waals surface area contributed by atoms with Gasteiger partial charge in [-0.2, -0.15) is 0 Å². The number of piperazine rings is 1. The van der Waals surface area contributed by atoms with E-state index in [2.05, 4.69) is 25.1 Å². The van der Waals surface area contributed by atoms with Crippen molar-refractivity contribution in [3.63, 3.8) is 0 Å². The third kappa shape index (κ3) is 4.13. The topological polar surface area (TPSA) is 103 Å². The number of carbonyl (C=O) groups is 1. The Kier molecular flexibility index (Phi) is 6.03. The summed E-state index contributed by atoms with van der Waals surface area (Å²) in [4.78, 5) is 47.8. The van der Waals surface area contributed by atoms with Crippen LogP contribution in [0.15, 0.2) is 33.9 Å². The summed E-state index contributed by atoms with van der Waals surface area (Å²) < 4.78 is 1.02. The van der Waals surface area contributed by atoms with Crippen LogP contribution in [-0.2, 0) is 13.6 Å². The van der Waals surface area contributed by atoms with E-state index in [9.17, 15) is 14.4 Å². The maximum atomic E-state index is 12.4. The molecule has 1 saturated heterocycles. The van der Waals surface area contributed by atoms with E-state index in [4.69, 9.17) is 11.6 Å². The second-order valence-electron chi connectivity index (χ2n) is 7.94. The Balaban J connectivity index is 1.47. The van der Waals surface area contributed by atoms with Crippen LogP contribution in [0.2, 0.25) is 5.02 Å². The van der Waals surface area contributed by atoms with Gasteiger partial charge < -0.3 is 15.2 Å². The molecule has 1 fully saturated rings. The van der Waals surface area contributed by atoms with Gasteiger partial charge in [-0.05, 0) is 36.8 Å². The molecular weight excluding hydrogens is 432 g/mol. The molecule has 32 heavy (non-hydrogen) atoms. The second-order valence-corrected chi connectivity index (χ2v) is 8.35. The van der Waals surface area contributed by atoms with E-state index in [0.29, 0.717) is 28.2 Å². The number of aromatic amines is 1. The third-order valence-corrected chi connectivity index (χ3v) is 6.15. The average Bonchev–Trinajstić information content (AvgIpc) is 2.77. The predicted octanol–water partition coefficient (Wildman–Crippen LogP) is 1.27. The summed E-state index contributed by atoms with van der Waals surface area (Å²) in [6, 6.07) is 7.31. The fourth-order valence-electron chi connectivity index (χ4n) is 4.08. The summed E-state index contributed by atoms with van der Waals surface area (Å²) in [7, 11) is 3.01.